The molecule has 0 bridgehead atoms. The van der Waals surface area contributed by atoms with Crippen LogP contribution in [0.4, 0.5) is 8.78 Å². The van der Waals surface area contributed by atoms with Crippen molar-refractivity contribution in [1.82, 2.24) is 4.72 Å². The highest BCUT2D eigenvalue weighted by atomic mass is 32.2. The van der Waals surface area contributed by atoms with E-state index in [1.807, 2.05) is 0 Å². The van der Waals surface area contributed by atoms with E-state index in [-0.39, 0.29) is 12.1 Å². The van der Waals surface area contributed by atoms with E-state index in [0.29, 0.717) is 6.07 Å². The zero-order valence-corrected chi connectivity index (χ0v) is 11.2. The largest absolute Gasteiger partial charge is 0.329 e. The molecule has 1 aromatic carbocycles. The Morgan fingerprint density at radius 2 is 1.83 bits per heavy atom. The lowest BCUT2D eigenvalue weighted by Crippen LogP contribution is -2.48. The third-order valence-corrected chi connectivity index (χ3v) is 4.14. The molecule has 0 aromatic heterocycles. The van der Waals surface area contributed by atoms with Crippen LogP contribution in [0.3, 0.4) is 0 Å². The lowest BCUT2D eigenvalue weighted by molar-refractivity contribution is 0.458. The maximum atomic E-state index is 13.6. The van der Waals surface area contributed by atoms with Gasteiger partial charge in [0.05, 0.1) is 0 Å². The maximum absolute atomic E-state index is 13.6. The van der Waals surface area contributed by atoms with Gasteiger partial charge in [0, 0.05) is 12.1 Å². The van der Waals surface area contributed by atoms with E-state index in [9.17, 15) is 17.2 Å². The van der Waals surface area contributed by atoms with Gasteiger partial charge in [-0.15, -0.1) is 0 Å². The zero-order valence-electron chi connectivity index (χ0n) is 10.4. The second kappa shape index (κ2) is 4.91. The van der Waals surface area contributed by atoms with Gasteiger partial charge in [0.15, 0.2) is 0 Å². The fourth-order valence-corrected chi connectivity index (χ4v) is 2.79. The SMILES string of the molecule is Cc1cc(F)c(S(=O)(=O)NC(C)(C)CN)cc1F. The lowest BCUT2D eigenvalue weighted by Gasteiger charge is -2.24. The van der Waals surface area contributed by atoms with Crippen molar-refractivity contribution in [2.45, 2.75) is 31.2 Å². The van der Waals surface area contributed by atoms with Gasteiger partial charge in [0.2, 0.25) is 10.0 Å². The van der Waals surface area contributed by atoms with Crippen LogP contribution in [-0.2, 0) is 10.0 Å². The van der Waals surface area contributed by atoms with Crippen molar-refractivity contribution in [1.29, 1.82) is 0 Å². The number of sulfonamides is 1. The molecule has 0 fully saturated rings. The average Bonchev–Trinajstić information content (AvgIpc) is 2.21. The Kier molecular flexibility index (Phi) is 4.09. The molecule has 0 heterocycles. The first-order chi connectivity index (χ1) is 8.09. The summed E-state index contributed by atoms with van der Waals surface area (Å²) in [5.74, 6) is -1.77. The predicted molar refractivity (Wildman–Crippen MR) is 64.5 cm³/mol. The highest BCUT2D eigenvalue weighted by Gasteiger charge is 2.28. The minimum atomic E-state index is -4.14. The fraction of sp³-hybridized carbons (Fsp3) is 0.455. The predicted octanol–water partition coefficient (Wildman–Crippen LogP) is 1.29. The highest BCUT2D eigenvalue weighted by molar-refractivity contribution is 7.89. The van der Waals surface area contributed by atoms with Gasteiger partial charge in [-0.2, -0.15) is 0 Å². The minimum Gasteiger partial charge on any atom is -0.329 e. The van der Waals surface area contributed by atoms with E-state index < -0.39 is 32.1 Å². The molecule has 4 nitrogen and oxygen atoms in total. The molecule has 1 aromatic rings. The first-order valence-corrected chi connectivity index (χ1v) is 6.77. The smallest absolute Gasteiger partial charge is 0.244 e. The summed E-state index contributed by atoms with van der Waals surface area (Å²) in [6.07, 6.45) is 0. The van der Waals surface area contributed by atoms with E-state index in [2.05, 4.69) is 4.72 Å². The van der Waals surface area contributed by atoms with Gasteiger partial charge in [-0.05, 0) is 38.5 Å². The second-order valence-corrected chi connectivity index (χ2v) is 6.38. The summed E-state index contributed by atoms with van der Waals surface area (Å²) >= 11 is 0. The van der Waals surface area contributed by atoms with Crippen molar-refractivity contribution in [3.05, 3.63) is 29.3 Å². The quantitative estimate of drug-likeness (QED) is 0.871. The van der Waals surface area contributed by atoms with Crippen molar-refractivity contribution in [3.63, 3.8) is 0 Å². The molecule has 7 heteroatoms. The topological polar surface area (TPSA) is 72.2 Å². The minimum absolute atomic E-state index is 0.0300. The molecule has 0 unspecified atom stereocenters. The first kappa shape index (κ1) is 15.0. The van der Waals surface area contributed by atoms with Gasteiger partial charge in [0.25, 0.3) is 0 Å². The molecule has 0 saturated carbocycles. The fourth-order valence-electron chi connectivity index (χ4n) is 1.29. The Morgan fingerprint density at radius 3 is 2.33 bits per heavy atom. The second-order valence-electron chi connectivity index (χ2n) is 4.73. The monoisotopic (exact) mass is 278 g/mol. The van der Waals surface area contributed by atoms with Crippen LogP contribution < -0.4 is 10.5 Å². The van der Waals surface area contributed by atoms with E-state index in [4.69, 9.17) is 5.73 Å². The third kappa shape index (κ3) is 3.24. The number of nitrogens with two attached hydrogens (primary N) is 1. The van der Waals surface area contributed by atoms with Crippen molar-refractivity contribution in [2.24, 2.45) is 5.73 Å². The van der Waals surface area contributed by atoms with E-state index in [0.717, 1.165) is 6.07 Å². The summed E-state index contributed by atoms with van der Waals surface area (Å²) in [5.41, 5.74) is 4.50. The number of halogens is 2. The standard InChI is InChI=1S/C11H16F2N2O2S/c1-7-4-9(13)10(5-8(7)12)18(16,17)15-11(2,3)6-14/h4-5,15H,6,14H2,1-3H3. The first-order valence-electron chi connectivity index (χ1n) is 5.29. The summed E-state index contributed by atoms with van der Waals surface area (Å²) < 4.78 is 53.0. The van der Waals surface area contributed by atoms with Crippen LogP contribution in [0.1, 0.15) is 19.4 Å². The molecule has 0 radical (unpaired) electrons. The number of nitrogens with one attached hydrogen (secondary N) is 1. The molecular weight excluding hydrogens is 262 g/mol. The molecule has 0 aliphatic rings. The van der Waals surface area contributed by atoms with Crippen LogP contribution in [0.25, 0.3) is 0 Å². The molecule has 0 spiro atoms. The summed E-state index contributed by atoms with van der Waals surface area (Å²) in [5, 5.41) is 0. The van der Waals surface area contributed by atoms with Crippen LogP contribution in [0.15, 0.2) is 17.0 Å². The molecular formula is C11H16F2N2O2S. The van der Waals surface area contributed by atoms with E-state index in [1.54, 1.807) is 13.8 Å². The highest BCUT2D eigenvalue weighted by Crippen LogP contribution is 2.20. The summed E-state index contributed by atoms with van der Waals surface area (Å²) in [4.78, 5) is -0.716. The lowest BCUT2D eigenvalue weighted by atomic mass is 10.1. The summed E-state index contributed by atoms with van der Waals surface area (Å²) in [7, 11) is -4.14. The van der Waals surface area contributed by atoms with Gasteiger partial charge < -0.3 is 5.73 Å². The maximum Gasteiger partial charge on any atom is 0.244 e. The van der Waals surface area contributed by atoms with Crippen LogP contribution in [-0.4, -0.2) is 20.5 Å². The zero-order chi connectivity index (χ0) is 14.1. The molecule has 0 amide bonds. The summed E-state index contributed by atoms with van der Waals surface area (Å²) in [6, 6.07) is 1.51. The Balaban J connectivity index is 3.26. The van der Waals surface area contributed by atoms with Crippen molar-refractivity contribution >= 4 is 10.0 Å². The van der Waals surface area contributed by atoms with Gasteiger partial charge in [-0.1, -0.05) is 0 Å². The molecule has 3 N–H and O–H groups in total. The normalized spacial score (nSPS) is 12.8. The molecule has 1 rings (SSSR count). The molecule has 102 valence electrons. The number of rotatable bonds is 4. The molecule has 0 aliphatic heterocycles. The Morgan fingerprint density at radius 1 is 1.28 bits per heavy atom. The van der Waals surface area contributed by atoms with Crippen LogP contribution in [0, 0.1) is 18.6 Å². The van der Waals surface area contributed by atoms with Crippen molar-refractivity contribution < 1.29 is 17.2 Å². The third-order valence-electron chi connectivity index (χ3n) is 2.42. The van der Waals surface area contributed by atoms with Gasteiger partial charge >= 0.3 is 0 Å². The van der Waals surface area contributed by atoms with Gasteiger partial charge in [-0.25, -0.2) is 21.9 Å². The number of hydrogen-bond donors (Lipinski definition) is 2. The van der Waals surface area contributed by atoms with E-state index in [1.165, 1.54) is 6.92 Å². The van der Waals surface area contributed by atoms with Gasteiger partial charge in [-0.3, -0.25) is 0 Å². The van der Waals surface area contributed by atoms with Crippen LogP contribution >= 0.6 is 0 Å². The molecule has 0 saturated heterocycles. The number of hydrogen-bond acceptors (Lipinski definition) is 3. The Bertz CT molecular complexity index is 556. The average molecular weight is 278 g/mol. The number of aryl methyl sites for hydroxylation is 1. The van der Waals surface area contributed by atoms with Crippen LogP contribution in [0.2, 0.25) is 0 Å². The number of benzene rings is 1. The van der Waals surface area contributed by atoms with Gasteiger partial charge in [0.1, 0.15) is 16.5 Å². The Labute approximate surface area is 105 Å². The molecule has 0 aliphatic carbocycles. The van der Waals surface area contributed by atoms with Crippen LogP contribution in [0.5, 0.6) is 0 Å². The van der Waals surface area contributed by atoms with E-state index >= 15 is 0 Å². The Hall–Kier alpha value is -1.05. The molecule has 18 heavy (non-hydrogen) atoms. The summed E-state index contributed by atoms with van der Waals surface area (Å²) in [6.45, 7) is 4.48. The molecule has 0 atom stereocenters. The van der Waals surface area contributed by atoms with Crippen molar-refractivity contribution in [3.8, 4) is 0 Å². The van der Waals surface area contributed by atoms with Crippen molar-refractivity contribution in [2.75, 3.05) is 6.54 Å².